The molecule has 0 saturated carbocycles. The molecule has 1 rings (SSSR count). The van der Waals surface area contributed by atoms with E-state index in [4.69, 9.17) is 0 Å². The minimum atomic E-state index is -0.541. The highest BCUT2D eigenvalue weighted by Crippen LogP contribution is 2.27. The van der Waals surface area contributed by atoms with Gasteiger partial charge in [-0.15, -0.1) is 11.3 Å². The molecule has 16 heavy (non-hydrogen) atoms. The van der Waals surface area contributed by atoms with Crippen molar-refractivity contribution >= 4 is 11.3 Å². The Balaban J connectivity index is 2.74. The summed E-state index contributed by atoms with van der Waals surface area (Å²) in [6.45, 7) is 8.38. The van der Waals surface area contributed by atoms with Crippen molar-refractivity contribution in [3.8, 4) is 0 Å². The van der Waals surface area contributed by atoms with Gasteiger partial charge in [0.2, 0.25) is 0 Å². The minimum absolute atomic E-state index is 0.541. The molecule has 2 nitrogen and oxygen atoms in total. The fourth-order valence-corrected chi connectivity index (χ4v) is 3.20. The van der Waals surface area contributed by atoms with Crippen molar-refractivity contribution in [2.24, 2.45) is 0 Å². The molecule has 0 bridgehead atoms. The van der Waals surface area contributed by atoms with Crippen LogP contribution in [0.5, 0.6) is 0 Å². The van der Waals surface area contributed by atoms with E-state index in [0.29, 0.717) is 6.42 Å². The number of rotatable bonds is 6. The molecule has 0 saturated heterocycles. The minimum Gasteiger partial charge on any atom is -0.389 e. The van der Waals surface area contributed by atoms with E-state index in [-0.39, 0.29) is 0 Å². The average molecular weight is 241 g/mol. The van der Waals surface area contributed by atoms with Gasteiger partial charge in [-0.3, -0.25) is 0 Å². The van der Waals surface area contributed by atoms with Crippen LogP contribution in [-0.2, 0) is 6.42 Å². The lowest BCUT2D eigenvalue weighted by Gasteiger charge is -2.26. The van der Waals surface area contributed by atoms with E-state index in [2.05, 4.69) is 25.8 Å². The van der Waals surface area contributed by atoms with E-state index < -0.39 is 5.60 Å². The number of aromatic nitrogens is 1. The van der Waals surface area contributed by atoms with E-state index in [1.165, 1.54) is 4.88 Å². The third kappa shape index (κ3) is 3.56. The third-order valence-electron chi connectivity index (χ3n) is 2.98. The molecule has 0 fully saturated rings. The molecule has 0 unspecified atom stereocenters. The van der Waals surface area contributed by atoms with Crippen molar-refractivity contribution in [1.29, 1.82) is 0 Å². The number of aliphatic hydroxyl groups is 1. The summed E-state index contributed by atoms with van der Waals surface area (Å²) in [6.07, 6.45) is 4.52. The molecule has 1 N–H and O–H groups in total. The predicted octanol–water partition coefficient (Wildman–Crippen LogP) is 3.63. The van der Waals surface area contributed by atoms with Crippen LogP contribution in [0.25, 0.3) is 0 Å². The number of aryl methyl sites for hydroxylation is 2. The van der Waals surface area contributed by atoms with Crippen LogP contribution in [0, 0.1) is 13.8 Å². The fraction of sp³-hybridized carbons (Fsp3) is 0.769. The quantitative estimate of drug-likeness (QED) is 0.825. The van der Waals surface area contributed by atoms with Crippen LogP contribution in [0.4, 0.5) is 0 Å². The highest BCUT2D eigenvalue weighted by molar-refractivity contribution is 7.11. The molecule has 0 aliphatic heterocycles. The van der Waals surface area contributed by atoms with Crippen LogP contribution >= 0.6 is 11.3 Å². The van der Waals surface area contributed by atoms with Crippen LogP contribution in [0.15, 0.2) is 0 Å². The topological polar surface area (TPSA) is 33.1 Å². The Kier molecular flexibility index (Phi) is 4.93. The Morgan fingerprint density at radius 3 is 2.12 bits per heavy atom. The van der Waals surface area contributed by atoms with Gasteiger partial charge in [-0.1, -0.05) is 26.7 Å². The van der Waals surface area contributed by atoms with E-state index >= 15 is 0 Å². The molecular formula is C13H23NOS. The van der Waals surface area contributed by atoms with Crippen molar-refractivity contribution in [3.63, 3.8) is 0 Å². The molecule has 0 radical (unpaired) electrons. The molecule has 1 aromatic heterocycles. The van der Waals surface area contributed by atoms with Crippen molar-refractivity contribution in [2.45, 2.75) is 65.4 Å². The molecule has 0 atom stereocenters. The third-order valence-corrected chi connectivity index (χ3v) is 4.06. The van der Waals surface area contributed by atoms with E-state index in [0.717, 1.165) is 36.4 Å². The lowest BCUT2D eigenvalue weighted by atomic mass is 9.90. The van der Waals surface area contributed by atoms with E-state index in [9.17, 15) is 5.11 Å². The van der Waals surface area contributed by atoms with E-state index in [1.54, 1.807) is 11.3 Å². The fourth-order valence-electron chi connectivity index (χ4n) is 2.13. The summed E-state index contributed by atoms with van der Waals surface area (Å²) >= 11 is 1.72. The van der Waals surface area contributed by atoms with Gasteiger partial charge in [-0.2, -0.15) is 0 Å². The van der Waals surface area contributed by atoms with Crippen LogP contribution in [0.1, 0.15) is 55.1 Å². The maximum Gasteiger partial charge on any atom is 0.0959 e. The van der Waals surface area contributed by atoms with Crippen molar-refractivity contribution in [2.75, 3.05) is 0 Å². The lowest BCUT2D eigenvalue weighted by Crippen LogP contribution is -2.31. The molecular weight excluding hydrogens is 218 g/mol. The molecule has 0 aliphatic carbocycles. The van der Waals surface area contributed by atoms with Gasteiger partial charge in [0.05, 0.1) is 16.3 Å². The molecule has 1 aromatic rings. The Bertz CT molecular complexity index is 307. The first kappa shape index (κ1) is 13.7. The number of hydrogen-bond acceptors (Lipinski definition) is 3. The van der Waals surface area contributed by atoms with Gasteiger partial charge in [-0.05, 0) is 26.7 Å². The number of thiazole rings is 1. The molecule has 0 spiro atoms. The standard InChI is InChI=1S/C13H23NOS/c1-5-7-13(15,8-6-2)9-12-14-10(3)11(4)16-12/h15H,5-9H2,1-4H3. The van der Waals surface area contributed by atoms with Gasteiger partial charge < -0.3 is 5.11 Å². The monoisotopic (exact) mass is 241 g/mol. The second-order valence-corrected chi connectivity index (χ2v) is 5.94. The van der Waals surface area contributed by atoms with Gasteiger partial charge in [0.15, 0.2) is 0 Å². The molecule has 3 heteroatoms. The Labute approximate surface area is 103 Å². The average Bonchev–Trinajstić information content (AvgIpc) is 2.45. The Morgan fingerprint density at radius 1 is 1.19 bits per heavy atom. The first-order valence-corrected chi connectivity index (χ1v) is 6.97. The van der Waals surface area contributed by atoms with Crippen LogP contribution in [0.3, 0.4) is 0 Å². The van der Waals surface area contributed by atoms with Gasteiger partial charge in [0.25, 0.3) is 0 Å². The van der Waals surface area contributed by atoms with Crippen molar-refractivity contribution in [3.05, 3.63) is 15.6 Å². The summed E-state index contributed by atoms with van der Waals surface area (Å²) in [5.41, 5.74) is 0.565. The van der Waals surface area contributed by atoms with Gasteiger partial charge in [0, 0.05) is 11.3 Å². The molecule has 92 valence electrons. The SMILES string of the molecule is CCCC(O)(CCC)Cc1nc(C)c(C)s1. The zero-order chi connectivity index (χ0) is 12.2. The molecule has 1 heterocycles. The number of hydrogen-bond donors (Lipinski definition) is 1. The van der Waals surface area contributed by atoms with Gasteiger partial charge in [-0.25, -0.2) is 4.98 Å². The molecule has 0 aliphatic rings. The highest BCUT2D eigenvalue weighted by Gasteiger charge is 2.26. The summed E-state index contributed by atoms with van der Waals surface area (Å²) in [5, 5.41) is 11.6. The largest absolute Gasteiger partial charge is 0.389 e. The van der Waals surface area contributed by atoms with Crippen LogP contribution in [0.2, 0.25) is 0 Å². The van der Waals surface area contributed by atoms with Gasteiger partial charge >= 0.3 is 0 Å². The summed E-state index contributed by atoms with van der Waals surface area (Å²) < 4.78 is 0. The normalized spacial score (nSPS) is 12.1. The summed E-state index contributed by atoms with van der Waals surface area (Å²) in [6, 6.07) is 0. The molecule has 0 aromatic carbocycles. The zero-order valence-corrected chi connectivity index (χ0v) is 11.7. The Morgan fingerprint density at radius 2 is 1.75 bits per heavy atom. The summed E-state index contributed by atoms with van der Waals surface area (Å²) in [4.78, 5) is 5.79. The maximum absolute atomic E-state index is 10.5. The second kappa shape index (κ2) is 5.78. The van der Waals surface area contributed by atoms with Crippen LogP contribution in [-0.4, -0.2) is 15.7 Å². The first-order chi connectivity index (χ1) is 7.50. The first-order valence-electron chi connectivity index (χ1n) is 6.16. The summed E-state index contributed by atoms with van der Waals surface area (Å²) in [5.74, 6) is 0. The van der Waals surface area contributed by atoms with E-state index in [1.807, 2.05) is 6.92 Å². The molecule has 0 amide bonds. The summed E-state index contributed by atoms with van der Waals surface area (Å²) in [7, 11) is 0. The number of nitrogens with zero attached hydrogens (tertiary/aromatic N) is 1. The van der Waals surface area contributed by atoms with Crippen molar-refractivity contribution < 1.29 is 5.11 Å². The van der Waals surface area contributed by atoms with Gasteiger partial charge in [0.1, 0.15) is 0 Å². The smallest absolute Gasteiger partial charge is 0.0959 e. The lowest BCUT2D eigenvalue weighted by molar-refractivity contribution is 0.0216. The maximum atomic E-state index is 10.5. The zero-order valence-electron chi connectivity index (χ0n) is 10.8. The predicted molar refractivity (Wildman–Crippen MR) is 70.1 cm³/mol. The highest BCUT2D eigenvalue weighted by atomic mass is 32.1. The van der Waals surface area contributed by atoms with Crippen molar-refractivity contribution in [1.82, 2.24) is 4.98 Å². The Hall–Kier alpha value is -0.410. The second-order valence-electron chi connectivity index (χ2n) is 4.65. The van der Waals surface area contributed by atoms with Crippen LogP contribution < -0.4 is 0 Å².